The fourth-order valence-corrected chi connectivity index (χ4v) is 1.59. The molecule has 0 radical (unpaired) electrons. The Labute approximate surface area is 96.9 Å². The summed E-state index contributed by atoms with van der Waals surface area (Å²) in [4.78, 5) is 4.05. The summed E-state index contributed by atoms with van der Waals surface area (Å²) in [5, 5.41) is 3.67. The number of nitrogens with zero attached hydrogens (tertiary/aromatic N) is 1. The van der Waals surface area contributed by atoms with Crippen LogP contribution in [-0.4, -0.2) is 24.7 Å². The Balaban J connectivity index is 2.42. The zero-order valence-electron chi connectivity index (χ0n) is 7.89. The van der Waals surface area contributed by atoms with Crippen molar-refractivity contribution in [2.24, 2.45) is 0 Å². The van der Waals surface area contributed by atoms with Gasteiger partial charge in [-0.15, -0.1) is 0 Å². The van der Waals surface area contributed by atoms with Crippen molar-refractivity contribution in [2.75, 3.05) is 19.7 Å². The van der Waals surface area contributed by atoms with Gasteiger partial charge in [-0.25, -0.2) is 4.98 Å². The Morgan fingerprint density at radius 3 is 3.07 bits per heavy atom. The largest absolute Gasteiger partial charge is 0.475 e. The highest BCUT2D eigenvalue weighted by Gasteiger charge is 2.02. The molecule has 0 aromatic carbocycles. The van der Waals surface area contributed by atoms with Gasteiger partial charge in [0.25, 0.3) is 0 Å². The molecule has 0 aliphatic carbocycles. The molecule has 1 aromatic rings. The van der Waals surface area contributed by atoms with Gasteiger partial charge in [0.05, 0.1) is 0 Å². The molecule has 0 bridgehead atoms. The monoisotopic (exact) mass is 278 g/mol. The molecule has 0 saturated carbocycles. The molecule has 0 saturated heterocycles. The molecule has 1 N–H and O–H groups in total. The standard InChI is InChI=1S/C9H12BrClN2O/c1-2-12-3-4-14-9-8(11)5-7(10)6-13-9/h5-6,12H,2-4H2,1H3. The second-order valence-electron chi connectivity index (χ2n) is 2.64. The third kappa shape index (κ3) is 3.82. The Morgan fingerprint density at radius 1 is 1.64 bits per heavy atom. The van der Waals surface area contributed by atoms with Gasteiger partial charge in [-0.1, -0.05) is 18.5 Å². The van der Waals surface area contributed by atoms with Crippen LogP contribution in [0.25, 0.3) is 0 Å². The Bertz CT molecular complexity index is 296. The predicted octanol–water partition coefficient (Wildman–Crippen LogP) is 2.49. The Hall–Kier alpha value is -0.320. The van der Waals surface area contributed by atoms with Crippen molar-refractivity contribution in [2.45, 2.75) is 6.92 Å². The van der Waals surface area contributed by atoms with E-state index in [4.69, 9.17) is 16.3 Å². The van der Waals surface area contributed by atoms with Gasteiger partial charge < -0.3 is 10.1 Å². The van der Waals surface area contributed by atoms with Gasteiger partial charge in [0.2, 0.25) is 5.88 Å². The molecule has 0 aliphatic rings. The van der Waals surface area contributed by atoms with Crippen LogP contribution in [0.1, 0.15) is 6.92 Å². The lowest BCUT2D eigenvalue weighted by atomic mass is 10.5. The number of nitrogens with one attached hydrogen (secondary N) is 1. The van der Waals surface area contributed by atoms with E-state index >= 15 is 0 Å². The van der Waals surface area contributed by atoms with Crippen molar-refractivity contribution in [3.63, 3.8) is 0 Å². The first kappa shape index (κ1) is 11.8. The van der Waals surface area contributed by atoms with E-state index in [9.17, 15) is 0 Å². The fourth-order valence-electron chi connectivity index (χ4n) is 0.905. The minimum absolute atomic E-state index is 0.479. The van der Waals surface area contributed by atoms with Gasteiger partial charge in [0.1, 0.15) is 11.6 Å². The maximum atomic E-state index is 5.90. The number of rotatable bonds is 5. The fraction of sp³-hybridized carbons (Fsp3) is 0.444. The van der Waals surface area contributed by atoms with Crippen molar-refractivity contribution < 1.29 is 4.74 Å². The SMILES string of the molecule is CCNCCOc1ncc(Br)cc1Cl. The predicted molar refractivity (Wildman–Crippen MR) is 61.0 cm³/mol. The van der Waals surface area contributed by atoms with E-state index in [2.05, 4.69) is 26.2 Å². The highest BCUT2D eigenvalue weighted by molar-refractivity contribution is 9.10. The number of hydrogen-bond donors (Lipinski definition) is 1. The van der Waals surface area contributed by atoms with E-state index in [0.29, 0.717) is 17.5 Å². The summed E-state index contributed by atoms with van der Waals surface area (Å²) in [7, 11) is 0. The van der Waals surface area contributed by atoms with Crippen LogP contribution in [-0.2, 0) is 0 Å². The van der Waals surface area contributed by atoms with Crippen LogP contribution in [0.2, 0.25) is 5.02 Å². The van der Waals surface area contributed by atoms with Crippen LogP contribution in [0, 0.1) is 0 Å². The number of aromatic nitrogens is 1. The van der Waals surface area contributed by atoms with Crippen molar-refractivity contribution in [1.82, 2.24) is 10.3 Å². The zero-order chi connectivity index (χ0) is 10.4. The molecule has 1 aromatic heterocycles. The van der Waals surface area contributed by atoms with E-state index < -0.39 is 0 Å². The molecule has 5 heteroatoms. The molecular formula is C9H12BrClN2O. The number of hydrogen-bond acceptors (Lipinski definition) is 3. The van der Waals surface area contributed by atoms with Gasteiger partial charge in [-0.3, -0.25) is 0 Å². The van der Waals surface area contributed by atoms with Crippen LogP contribution in [0.3, 0.4) is 0 Å². The summed E-state index contributed by atoms with van der Waals surface area (Å²) in [6.45, 7) is 4.35. The molecular weight excluding hydrogens is 267 g/mol. The zero-order valence-corrected chi connectivity index (χ0v) is 10.2. The topological polar surface area (TPSA) is 34.1 Å². The van der Waals surface area contributed by atoms with Gasteiger partial charge >= 0.3 is 0 Å². The summed E-state index contributed by atoms with van der Waals surface area (Å²) in [6, 6.07) is 1.76. The molecule has 0 fully saturated rings. The molecule has 14 heavy (non-hydrogen) atoms. The van der Waals surface area contributed by atoms with Crippen LogP contribution < -0.4 is 10.1 Å². The van der Waals surface area contributed by atoms with E-state index in [1.54, 1.807) is 12.3 Å². The van der Waals surface area contributed by atoms with E-state index in [-0.39, 0.29) is 0 Å². The quantitative estimate of drug-likeness (QED) is 0.841. The van der Waals surface area contributed by atoms with Gasteiger partial charge in [-0.05, 0) is 28.5 Å². The maximum absolute atomic E-state index is 5.90. The Morgan fingerprint density at radius 2 is 2.43 bits per heavy atom. The highest BCUT2D eigenvalue weighted by atomic mass is 79.9. The van der Waals surface area contributed by atoms with Crippen molar-refractivity contribution >= 4 is 27.5 Å². The molecule has 0 amide bonds. The summed E-state index contributed by atoms with van der Waals surface area (Å²) in [6.07, 6.45) is 1.66. The minimum Gasteiger partial charge on any atom is -0.475 e. The number of halogens is 2. The van der Waals surface area contributed by atoms with Crippen LogP contribution >= 0.6 is 27.5 Å². The second kappa shape index (κ2) is 6.22. The highest BCUT2D eigenvalue weighted by Crippen LogP contribution is 2.24. The van der Waals surface area contributed by atoms with E-state index in [0.717, 1.165) is 17.6 Å². The van der Waals surface area contributed by atoms with Crippen LogP contribution in [0.5, 0.6) is 5.88 Å². The molecule has 3 nitrogen and oxygen atoms in total. The van der Waals surface area contributed by atoms with Gasteiger partial charge in [0, 0.05) is 17.2 Å². The van der Waals surface area contributed by atoms with Crippen molar-refractivity contribution in [3.8, 4) is 5.88 Å². The Kier molecular flexibility index (Phi) is 5.22. The molecule has 0 spiro atoms. The van der Waals surface area contributed by atoms with E-state index in [1.165, 1.54) is 0 Å². The normalized spacial score (nSPS) is 10.2. The second-order valence-corrected chi connectivity index (χ2v) is 3.97. The summed E-state index contributed by atoms with van der Waals surface area (Å²) in [5.74, 6) is 0.479. The molecule has 78 valence electrons. The lowest BCUT2D eigenvalue weighted by molar-refractivity contribution is 0.304. The van der Waals surface area contributed by atoms with Crippen molar-refractivity contribution in [3.05, 3.63) is 21.8 Å². The average molecular weight is 280 g/mol. The minimum atomic E-state index is 0.479. The van der Waals surface area contributed by atoms with E-state index in [1.807, 2.05) is 6.92 Å². The first-order chi connectivity index (χ1) is 6.74. The molecule has 1 heterocycles. The average Bonchev–Trinajstić information content (AvgIpc) is 2.15. The first-order valence-corrected chi connectivity index (χ1v) is 5.55. The molecule has 0 aliphatic heterocycles. The molecule has 1 rings (SSSR count). The van der Waals surface area contributed by atoms with Crippen LogP contribution in [0.4, 0.5) is 0 Å². The number of ether oxygens (including phenoxy) is 1. The third-order valence-electron chi connectivity index (χ3n) is 1.54. The summed E-state index contributed by atoms with van der Waals surface area (Å²) >= 11 is 9.18. The van der Waals surface area contributed by atoms with Gasteiger partial charge in [-0.2, -0.15) is 0 Å². The first-order valence-electron chi connectivity index (χ1n) is 4.38. The number of pyridine rings is 1. The lowest BCUT2D eigenvalue weighted by Crippen LogP contribution is -2.20. The van der Waals surface area contributed by atoms with Gasteiger partial charge in [0.15, 0.2) is 0 Å². The molecule has 0 unspecified atom stereocenters. The lowest BCUT2D eigenvalue weighted by Gasteiger charge is -2.06. The number of likely N-dealkylation sites (N-methyl/N-ethyl adjacent to an activating group) is 1. The third-order valence-corrected chi connectivity index (χ3v) is 2.25. The summed E-state index contributed by atoms with van der Waals surface area (Å²) in [5.41, 5.74) is 0. The van der Waals surface area contributed by atoms with Crippen LogP contribution in [0.15, 0.2) is 16.7 Å². The van der Waals surface area contributed by atoms with Crippen molar-refractivity contribution in [1.29, 1.82) is 0 Å². The smallest absolute Gasteiger partial charge is 0.232 e. The summed E-state index contributed by atoms with van der Waals surface area (Å²) < 4.78 is 6.22. The maximum Gasteiger partial charge on any atom is 0.232 e. The molecule has 0 atom stereocenters.